The summed E-state index contributed by atoms with van der Waals surface area (Å²) in [4.78, 5) is 21.0. The van der Waals surface area contributed by atoms with Crippen LogP contribution in [0.15, 0.2) is 40.4 Å². The third-order valence-corrected chi connectivity index (χ3v) is 7.43. The van der Waals surface area contributed by atoms with E-state index >= 15 is 0 Å². The van der Waals surface area contributed by atoms with Gasteiger partial charge in [0.2, 0.25) is 0 Å². The lowest BCUT2D eigenvalue weighted by Crippen LogP contribution is -2.11. The molecule has 0 spiro atoms. The quantitative estimate of drug-likeness (QED) is 0.480. The van der Waals surface area contributed by atoms with Crippen LogP contribution in [0.5, 0.6) is 0 Å². The Morgan fingerprint density at radius 2 is 1.97 bits per heavy atom. The van der Waals surface area contributed by atoms with Crippen LogP contribution < -0.4 is 5.32 Å². The second kappa shape index (κ2) is 8.88. The predicted molar refractivity (Wildman–Crippen MR) is 132 cm³/mol. The standard InChI is InChI=1S/C25H25F2N5O3S/c1-13-12-32(2)31-23(13)15-6-7-17(22(8-15)36(3,34)35)29-18-9-16(10-21(33)14-4-5-14)28-19-11-20(25(26)27)30-24(18)19/h6-9,12,14,25H,4-5,10-11H2,1-3H3,(H,28,29). The normalized spacial score (nSPS) is 15.2. The number of sulfone groups is 1. The number of aromatic nitrogens is 3. The van der Waals surface area contributed by atoms with Gasteiger partial charge in [-0.25, -0.2) is 22.2 Å². The molecular formula is C25H25F2N5O3S. The van der Waals surface area contributed by atoms with Crippen LogP contribution in [0.3, 0.4) is 0 Å². The molecule has 11 heteroatoms. The molecule has 1 aliphatic heterocycles. The van der Waals surface area contributed by atoms with Crippen molar-refractivity contribution in [1.29, 1.82) is 0 Å². The molecular weight excluding hydrogens is 488 g/mol. The zero-order valence-electron chi connectivity index (χ0n) is 20.0. The summed E-state index contributed by atoms with van der Waals surface area (Å²) in [7, 11) is -1.90. The number of anilines is 2. The summed E-state index contributed by atoms with van der Waals surface area (Å²) in [5.74, 6) is 0.0945. The van der Waals surface area contributed by atoms with Gasteiger partial charge in [0.1, 0.15) is 11.5 Å². The fraction of sp³-hybridized carbons (Fsp3) is 0.360. The Morgan fingerprint density at radius 1 is 1.22 bits per heavy atom. The Hall–Kier alpha value is -3.47. The van der Waals surface area contributed by atoms with Crippen molar-refractivity contribution in [3.63, 3.8) is 0 Å². The lowest BCUT2D eigenvalue weighted by Gasteiger charge is -2.15. The van der Waals surface area contributed by atoms with Crippen molar-refractivity contribution in [2.24, 2.45) is 18.0 Å². The van der Waals surface area contributed by atoms with E-state index < -0.39 is 16.3 Å². The van der Waals surface area contributed by atoms with E-state index in [-0.39, 0.29) is 46.5 Å². The van der Waals surface area contributed by atoms with Crippen molar-refractivity contribution < 1.29 is 22.0 Å². The first-order valence-electron chi connectivity index (χ1n) is 11.5. The molecule has 8 nitrogen and oxygen atoms in total. The number of carbonyl (C=O) groups excluding carboxylic acids is 1. The molecule has 5 rings (SSSR count). The maximum Gasteiger partial charge on any atom is 0.277 e. The molecule has 1 fully saturated rings. The zero-order valence-corrected chi connectivity index (χ0v) is 20.9. The lowest BCUT2D eigenvalue weighted by atomic mass is 10.1. The van der Waals surface area contributed by atoms with Crippen LogP contribution >= 0.6 is 0 Å². The number of fused-ring (bicyclic) bond motifs is 1. The number of pyridine rings is 1. The van der Waals surface area contributed by atoms with Gasteiger partial charge in [-0.3, -0.25) is 14.5 Å². The number of nitrogens with zero attached hydrogens (tertiary/aromatic N) is 4. The molecule has 36 heavy (non-hydrogen) atoms. The number of hydrogen-bond acceptors (Lipinski definition) is 7. The number of carbonyl (C=O) groups is 1. The monoisotopic (exact) mass is 513 g/mol. The van der Waals surface area contributed by atoms with Crippen LogP contribution in [0.4, 0.5) is 25.8 Å². The fourth-order valence-corrected chi connectivity index (χ4v) is 5.27. The number of nitrogens with one attached hydrogen (secondary N) is 1. The molecule has 0 atom stereocenters. The minimum Gasteiger partial charge on any atom is -0.353 e. The molecule has 2 aliphatic rings. The van der Waals surface area contributed by atoms with E-state index in [1.54, 1.807) is 36.0 Å². The molecule has 0 unspecified atom stereocenters. The van der Waals surface area contributed by atoms with Gasteiger partial charge in [-0.1, -0.05) is 6.07 Å². The summed E-state index contributed by atoms with van der Waals surface area (Å²) in [5, 5.41) is 7.51. The summed E-state index contributed by atoms with van der Waals surface area (Å²) in [6.07, 6.45) is 1.88. The number of alkyl halides is 2. The number of Topliss-reactive ketones (excluding diaryl/α,β-unsaturated/α-hetero) is 1. The van der Waals surface area contributed by atoms with Gasteiger partial charge in [-0.2, -0.15) is 5.10 Å². The van der Waals surface area contributed by atoms with E-state index in [1.165, 1.54) is 0 Å². The number of aryl methyl sites for hydroxylation is 2. The average molecular weight is 514 g/mol. The summed E-state index contributed by atoms with van der Waals surface area (Å²) in [6, 6.07) is 6.51. The molecule has 1 aromatic carbocycles. The summed E-state index contributed by atoms with van der Waals surface area (Å²) in [5.41, 5.74) is 3.50. The Balaban J connectivity index is 1.57. The predicted octanol–water partition coefficient (Wildman–Crippen LogP) is 4.35. The Labute approximate surface area is 207 Å². The van der Waals surface area contributed by atoms with Crippen molar-refractivity contribution in [3.8, 4) is 11.3 Å². The van der Waals surface area contributed by atoms with Gasteiger partial charge in [0.25, 0.3) is 6.43 Å². The van der Waals surface area contributed by atoms with E-state index in [1.807, 2.05) is 13.1 Å². The lowest BCUT2D eigenvalue weighted by molar-refractivity contribution is -0.119. The second-order valence-corrected chi connectivity index (χ2v) is 11.4. The SMILES string of the molecule is Cc1cn(C)nc1-c1ccc(Nc2cc(CC(=O)C3CC3)nc3c2N=C(C(F)F)C3)c(S(C)(=O)=O)c1. The van der Waals surface area contributed by atoms with Gasteiger partial charge in [-0.15, -0.1) is 0 Å². The number of halogens is 2. The highest BCUT2D eigenvalue weighted by Crippen LogP contribution is 2.40. The fourth-order valence-electron chi connectivity index (χ4n) is 4.41. The van der Waals surface area contributed by atoms with E-state index in [9.17, 15) is 22.0 Å². The molecule has 2 aromatic heterocycles. The molecule has 1 saturated carbocycles. The number of hydrogen-bond donors (Lipinski definition) is 1. The van der Waals surface area contributed by atoms with Gasteiger partial charge in [0.05, 0.1) is 39.1 Å². The minimum atomic E-state index is -3.68. The van der Waals surface area contributed by atoms with Crippen LogP contribution in [-0.4, -0.2) is 47.4 Å². The molecule has 188 valence electrons. The Kier molecular flexibility index (Phi) is 5.98. The Morgan fingerprint density at radius 3 is 2.58 bits per heavy atom. The summed E-state index contributed by atoms with van der Waals surface area (Å²) < 4.78 is 54.0. The van der Waals surface area contributed by atoms with Crippen molar-refractivity contribution in [2.45, 2.75) is 43.9 Å². The second-order valence-electron chi connectivity index (χ2n) is 9.40. The largest absolute Gasteiger partial charge is 0.353 e. The first kappa shape index (κ1) is 24.2. The maximum atomic E-state index is 13.4. The highest BCUT2D eigenvalue weighted by Gasteiger charge is 2.31. The molecule has 1 N–H and O–H groups in total. The van der Waals surface area contributed by atoms with E-state index in [0.717, 1.165) is 24.7 Å². The van der Waals surface area contributed by atoms with Crippen LogP contribution in [0, 0.1) is 12.8 Å². The van der Waals surface area contributed by atoms with Crippen LogP contribution in [0.1, 0.15) is 29.8 Å². The number of aliphatic imine (C=N–C) groups is 1. The van der Waals surface area contributed by atoms with Gasteiger partial charge < -0.3 is 5.32 Å². The molecule has 0 amide bonds. The third kappa shape index (κ3) is 4.79. The highest BCUT2D eigenvalue weighted by molar-refractivity contribution is 7.90. The third-order valence-electron chi connectivity index (χ3n) is 6.30. The van der Waals surface area contributed by atoms with Gasteiger partial charge >= 0.3 is 0 Å². The number of rotatable bonds is 8. The summed E-state index contributed by atoms with van der Waals surface area (Å²) in [6.45, 7) is 1.89. The average Bonchev–Trinajstić information content (AvgIpc) is 3.47. The topological polar surface area (TPSA) is 106 Å². The first-order valence-corrected chi connectivity index (χ1v) is 13.4. The number of ketones is 1. The molecule has 0 bridgehead atoms. The first-order chi connectivity index (χ1) is 17.0. The van der Waals surface area contributed by atoms with Crippen molar-refractivity contribution >= 4 is 38.4 Å². The molecule has 0 saturated heterocycles. The number of benzene rings is 1. The van der Waals surface area contributed by atoms with Crippen molar-refractivity contribution in [3.05, 3.63) is 47.4 Å². The van der Waals surface area contributed by atoms with Gasteiger partial charge in [0, 0.05) is 43.8 Å². The molecule has 3 heterocycles. The van der Waals surface area contributed by atoms with Gasteiger partial charge in [0.15, 0.2) is 9.84 Å². The van der Waals surface area contributed by atoms with Crippen molar-refractivity contribution in [2.75, 3.05) is 11.6 Å². The van der Waals surface area contributed by atoms with Crippen molar-refractivity contribution in [1.82, 2.24) is 14.8 Å². The molecule has 3 aromatic rings. The van der Waals surface area contributed by atoms with Crippen LogP contribution in [-0.2, 0) is 34.5 Å². The summed E-state index contributed by atoms with van der Waals surface area (Å²) >= 11 is 0. The van der Waals surface area contributed by atoms with E-state index in [2.05, 4.69) is 20.4 Å². The Bertz CT molecular complexity index is 1520. The maximum absolute atomic E-state index is 13.4. The van der Waals surface area contributed by atoms with Crippen LogP contribution in [0.2, 0.25) is 0 Å². The minimum absolute atomic E-state index is 0.0299. The highest BCUT2D eigenvalue weighted by atomic mass is 32.2. The molecule has 1 aliphatic carbocycles. The van der Waals surface area contributed by atoms with Gasteiger partial charge in [-0.05, 0) is 43.5 Å². The van der Waals surface area contributed by atoms with Crippen LogP contribution in [0.25, 0.3) is 11.3 Å². The van der Waals surface area contributed by atoms with E-state index in [4.69, 9.17) is 0 Å². The zero-order chi connectivity index (χ0) is 25.8. The molecule has 0 radical (unpaired) electrons. The van der Waals surface area contributed by atoms with E-state index in [0.29, 0.717) is 28.3 Å². The smallest absolute Gasteiger partial charge is 0.277 e.